The summed E-state index contributed by atoms with van der Waals surface area (Å²) in [7, 11) is 0. The molecule has 4 nitrogen and oxygen atoms in total. The molecule has 2 N–H and O–H groups in total. The summed E-state index contributed by atoms with van der Waals surface area (Å²) < 4.78 is 53.2. The van der Waals surface area contributed by atoms with Crippen LogP contribution in [0.5, 0.6) is 0 Å². The number of hydrogen-bond acceptors (Lipinski definition) is 3. The minimum absolute atomic E-state index is 0.0242. The number of carbonyl (C=O) groups excluding carboxylic acids is 2. The van der Waals surface area contributed by atoms with Crippen molar-refractivity contribution in [1.82, 2.24) is 0 Å². The third-order valence-electron chi connectivity index (χ3n) is 3.64. The predicted molar refractivity (Wildman–Crippen MR) is 95.5 cm³/mol. The van der Waals surface area contributed by atoms with E-state index < -0.39 is 29.4 Å². The standard InChI is InChI=1S/C18H12F4N2O2S/c1-9(25)23-13-6-5-10(18(20,21)22)7-14(13)24-17(26)16-8-11-12(19)3-2-4-15(11)27-16/h2-8H,1H3,(H,23,25)(H,24,26). The van der Waals surface area contributed by atoms with Gasteiger partial charge in [-0.2, -0.15) is 13.2 Å². The van der Waals surface area contributed by atoms with E-state index in [0.717, 1.165) is 29.5 Å². The molecule has 0 aliphatic carbocycles. The molecule has 0 saturated heterocycles. The van der Waals surface area contributed by atoms with Gasteiger partial charge in [-0.1, -0.05) is 6.07 Å². The monoisotopic (exact) mass is 396 g/mol. The number of halogens is 4. The van der Waals surface area contributed by atoms with E-state index in [-0.39, 0.29) is 21.6 Å². The van der Waals surface area contributed by atoms with E-state index in [2.05, 4.69) is 10.6 Å². The lowest BCUT2D eigenvalue weighted by atomic mass is 10.1. The number of anilines is 2. The maximum Gasteiger partial charge on any atom is 0.416 e. The van der Waals surface area contributed by atoms with Crippen LogP contribution < -0.4 is 10.6 Å². The number of hydrogen-bond donors (Lipinski definition) is 2. The summed E-state index contributed by atoms with van der Waals surface area (Å²) in [6, 6.07) is 8.30. The van der Waals surface area contributed by atoms with Crippen molar-refractivity contribution in [1.29, 1.82) is 0 Å². The smallest absolute Gasteiger partial charge is 0.325 e. The highest BCUT2D eigenvalue weighted by molar-refractivity contribution is 7.20. The first-order valence-electron chi connectivity index (χ1n) is 7.63. The van der Waals surface area contributed by atoms with Crippen LogP contribution in [0.25, 0.3) is 10.1 Å². The van der Waals surface area contributed by atoms with E-state index >= 15 is 0 Å². The van der Waals surface area contributed by atoms with Gasteiger partial charge in [0.2, 0.25) is 5.91 Å². The van der Waals surface area contributed by atoms with Gasteiger partial charge in [-0.25, -0.2) is 4.39 Å². The molecule has 2 amide bonds. The van der Waals surface area contributed by atoms with Crippen molar-refractivity contribution in [3.63, 3.8) is 0 Å². The zero-order valence-electron chi connectivity index (χ0n) is 13.8. The fourth-order valence-electron chi connectivity index (χ4n) is 2.44. The molecule has 9 heteroatoms. The van der Waals surface area contributed by atoms with E-state index in [4.69, 9.17) is 0 Å². The lowest BCUT2D eigenvalue weighted by Crippen LogP contribution is -2.15. The average Bonchev–Trinajstić information content (AvgIpc) is 3.01. The molecule has 0 aliphatic heterocycles. The number of thiophene rings is 1. The Hall–Kier alpha value is -2.94. The maximum absolute atomic E-state index is 13.8. The second-order valence-electron chi connectivity index (χ2n) is 5.66. The minimum Gasteiger partial charge on any atom is -0.325 e. The normalized spacial score (nSPS) is 11.4. The van der Waals surface area contributed by atoms with Crippen LogP contribution in [0.2, 0.25) is 0 Å². The topological polar surface area (TPSA) is 58.2 Å². The summed E-state index contributed by atoms with van der Waals surface area (Å²) in [6.07, 6.45) is -4.62. The fraction of sp³-hybridized carbons (Fsp3) is 0.111. The highest BCUT2D eigenvalue weighted by Gasteiger charge is 2.31. The van der Waals surface area contributed by atoms with Crippen LogP contribution in [0.3, 0.4) is 0 Å². The molecule has 0 unspecified atom stereocenters. The van der Waals surface area contributed by atoms with Crippen LogP contribution in [0.15, 0.2) is 42.5 Å². The summed E-state index contributed by atoms with van der Waals surface area (Å²) in [6.45, 7) is 1.19. The first-order chi connectivity index (χ1) is 12.6. The fourth-order valence-corrected chi connectivity index (χ4v) is 3.41. The first kappa shape index (κ1) is 18.8. The number of benzene rings is 2. The second kappa shape index (κ2) is 6.99. The van der Waals surface area contributed by atoms with Crippen molar-refractivity contribution < 1.29 is 27.2 Å². The molecule has 3 aromatic rings. The van der Waals surface area contributed by atoms with Crippen LogP contribution in [-0.4, -0.2) is 11.8 Å². The van der Waals surface area contributed by atoms with Crippen LogP contribution in [0, 0.1) is 5.82 Å². The molecule has 0 bridgehead atoms. The number of nitrogens with one attached hydrogen (secondary N) is 2. The lowest BCUT2D eigenvalue weighted by Gasteiger charge is -2.14. The van der Waals surface area contributed by atoms with Gasteiger partial charge in [-0.15, -0.1) is 11.3 Å². The minimum atomic E-state index is -4.62. The van der Waals surface area contributed by atoms with E-state index in [1.807, 2.05) is 0 Å². The predicted octanol–water partition coefficient (Wildman–Crippen LogP) is 5.27. The Balaban J connectivity index is 1.97. The van der Waals surface area contributed by atoms with Crippen molar-refractivity contribution in [2.45, 2.75) is 13.1 Å². The van der Waals surface area contributed by atoms with Gasteiger partial charge in [-0.3, -0.25) is 9.59 Å². The van der Waals surface area contributed by atoms with Crippen molar-refractivity contribution in [3.8, 4) is 0 Å². The van der Waals surface area contributed by atoms with E-state index in [9.17, 15) is 27.2 Å². The molecule has 2 aromatic carbocycles. The number of amides is 2. The molecule has 1 aromatic heterocycles. The van der Waals surface area contributed by atoms with Gasteiger partial charge in [0.1, 0.15) is 5.82 Å². The van der Waals surface area contributed by atoms with Crippen molar-refractivity contribution >= 4 is 44.6 Å². The molecular weight excluding hydrogens is 384 g/mol. The van der Waals surface area contributed by atoms with Gasteiger partial charge in [-0.05, 0) is 36.4 Å². The van der Waals surface area contributed by atoms with Crippen molar-refractivity contribution in [3.05, 3.63) is 58.7 Å². The third kappa shape index (κ3) is 4.08. The van der Waals surface area contributed by atoms with E-state index in [1.54, 1.807) is 6.07 Å². The molecule has 0 radical (unpaired) electrons. The Bertz CT molecular complexity index is 1040. The van der Waals surface area contributed by atoms with Gasteiger partial charge in [0, 0.05) is 17.0 Å². The van der Waals surface area contributed by atoms with Gasteiger partial charge in [0.25, 0.3) is 5.91 Å². The van der Waals surface area contributed by atoms with Crippen molar-refractivity contribution in [2.24, 2.45) is 0 Å². The molecule has 0 aliphatic rings. The molecule has 3 rings (SSSR count). The molecule has 0 atom stereocenters. The molecule has 27 heavy (non-hydrogen) atoms. The van der Waals surface area contributed by atoms with Crippen molar-refractivity contribution in [2.75, 3.05) is 10.6 Å². The van der Waals surface area contributed by atoms with Gasteiger partial charge in [0.05, 0.1) is 21.8 Å². The maximum atomic E-state index is 13.8. The Labute approximate surface area is 154 Å². The van der Waals surface area contributed by atoms with Crippen LogP contribution >= 0.6 is 11.3 Å². The Morgan fingerprint density at radius 2 is 1.74 bits per heavy atom. The second-order valence-corrected chi connectivity index (χ2v) is 6.74. The van der Waals surface area contributed by atoms with E-state index in [1.165, 1.54) is 25.1 Å². The third-order valence-corrected chi connectivity index (χ3v) is 4.74. The molecule has 0 saturated carbocycles. The lowest BCUT2D eigenvalue weighted by molar-refractivity contribution is -0.137. The van der Waals surface area contributed by atoms with Crippen LogP contribution in [-0.2, 0) is 11.0 Å². The molecule has 0 spiro atoms. The summed E-state index contributed by atoms with van der Waals surface area (Å²) in [4.78, 5) is 23.9. The molecule has 1 heterocycles. The Kier molecular flexibility index (Phi) is 4.88. The zero-order chi connectivity index (χ0) is 19.8. The SMILES string of the molecule is CC(=O)Nc1ccc(C(F)(F)F)cc1NC(=O)c1cc2c(F)cccc2s1. The zero-order valence-corrected chi connectivity index (χ0v) is 14.6. The summed E-state index contributed by atoms with van der Waals surface area (Å²) in [5.41, 5.74) is -1.16. The summed E-state index contributed by atoms with van der Waals surface area (Å²) in [5, 5.41) is 4.98. The quantitative estimate of drug-likeness (QED) is 0.593. The first-order valence-corrected chi connectivity index (χ1v) is 8.45. The Morgan fingerprint density at radius 3 is 2.37 bits per heavy atom. The summed E-state index contributed by atoms with van der Waals surface area (Å²) in [5.74, 6) is -1.71. The average molecular weight is 396 g/mol. The van der Waals surface area contributed by atoms with E-state index in [0.29, 0.717) is 4.70 Å². The number of rotatable bonds is 3. The van der Waals surface area contributed by atoms with Gasteiger partial charge >= 0.3 is 6.18 Å². The largest absolute Gasteiger partial charge is 0.416 e. The number of carbonyl (C=O) groups is 2. The summed E-state index contributed by atoms with van der Waals surface area (Å²) >= 11 is 1.01. The van der Waals surface area contributed by atoms with Gasteiger partial charge in [0.15, 0.2) is 0 Å². The Morgan fingerprint density at radius 1 is 1.00 bits per heavy atom. The highest BCUT2D eigenvalue weighted by Crippen LogP contribution is 2.35. The number of alkyl halides is 3. The molecule has 140 valence electrons. The van der Waals surface area contributed by atoms with Crippen LogP contribution in [0.1, 0.15) is 22.2 Å². The molecular formula is C18H12F4N2O2S. The molecule has 0 fully saturated rings. The number of fused-ring (bicyclic) bond motifs is 1. The van der Waals surface area contributed by atoms with Crippen LogP contribution in [0.4, 0.5) is 28.9 Å². The highest BCUT2D eigenvalue weighted by atomic mass is 32.1. The van der Waals surface area contributed by atoms with Gasteiger partial charge < -0.3 is 10.6 Å².